The fraction of sp³-hybridized carbons (Fsp3) is 0.556. The van der Waals surface area contributed by atoms with Crippen molar-refractivity contribution >= 4 is 28.7 Å². The molecule has 1 atom stereocenters. The molecule has 3 rings (SSSR count). The van der Waals surface area contributed by atoms with Crippen LogP contribution in [0.2, 0.25) is 0 Å². The topological polar surface area (TPSA) is 149 Å². The number of aromatic amines is 1. The van der Waals surface area contributed by atoms with Crippen molar-refractivity contribution in [1.29, 1.82) is 0 Å². The molecule has 28 heavy (non-hydrogen) atoms. The number of carbonyl (C=O) groups is 2. The Bertz CT molecular complexity index is 843. The average molecular weight is 389 g/mol. The van der Waals surface area contributed by atoms with Crippen LogP contribution >= 0.6 is 0 Å². The van der Waals surface area contributed by atoms with Crippen LogP contribution in [0.1, 0.15) is 33.1 Å². The highest BCUT2D eigenvalue weighted by molar-refractivity contribution is 5.92. The van der Waals surface area contributed by atoms with E-state index in [2.05, 4.69) is 25.2 Å². The number of nitrogens with two attached hydrogens (primary N) is 1. The lowest BCUT2D eigenvalue weighted by molar-refractivity contribution is -0.137. The number of fused-ring (bicyclic) bond motifs is 1. The highest BCUT2D eigenvalue weighted by Gasteiger charge is 2.40. The maximum absolute atomic E-state index is 12.8. The molecule has 1 aliphatic heterocycles. The third-order valence-electron chi connectivity index (χ3n) is 5.18. The van der Waals surface area contributed by atoms with Crippen LogP contribution in [0.4, 0.5) is 5.82 Å². The molecule has 0 saturated carbocycles. The molecule has 1 saturated heterocycles. The molecule has 10 nitrogen and oxygen atoms in total. The Kier molecular flexibility index (Phi) is 5.80. The molecule has 0 bridgehead atoms. The van der Waals surface area contributed by atoms with Gasteiger partial charge in [-0.05, 0) is 31.2 Å². The third-order valence-corrected chi connectivity index (χ3v) is 5.18. The van der Waals surface area contributed by atoms with Crippen molar-refractivity contribution in [2.75, 3.05) is 18.0 Å². The molecule has 152 valence electrons. The number of nitrogens with one attached hydrogen (secondary N) is 3. The van der Waals surface area contributed by atoms with Gasteiger partial charge >= 0.3 is 0 Å². The van der Waals surface area contributed by atoms with Crippen LogP contribution in [0.25, 0.3) is 11.0 Å². The molecule has 2 aromatic rings. The summed E-state index contributed by atoms with van der Waals surface area (Å²) in [5.41, 5.74) is 7.68. The second-order valence-corrected chi connectivity index (χ2v) is 7.71. The Morgan fingerprint density at radius 1 is 1.36 bits per heavy atom. The zero-order valence-corrected chi connectivity index (χ0v) is 16.1. The molecular weight excluding hydrogens is 362 g/mol. The summed E-state index contributed by atoms with van der Waals surface area (Å²) in [5.74, 6) is -0.0412. The number of rotatable bonds is 6. The van der Waals surface area contributed by atoms with Crippen LogP contribution in [0.3, 0.4) is 0 Å². The number of amides is 2. The minimum atomic E-state index is -1.08. The molecule has 1 aliphatic rings. The Hall–Kier alpha value is -2.72. The van der Waals surface area contributed by atoms with E-state index in [0.29, 0.717) is 32.4 Å². The summed E-state index contributed by atoms with van der Waals surface area (Å²) in [6.07, 6.45) is 4.57. The SMILES string of the molecule is CC(C)C[C@@H](NC(=O)C1(N)CCN(c2ncnc3[nH]ccc23)CC1)C(=O)NO. The lowest BCUT2D eigenvalue weighted by atomic mass is 9.87. The van der Waals surface area contributed by atoms with Gasteiger partial charge in [0, 0.05) is 19.3 Å². The van der Waals surface area contributed by atoms with E-state index in [1.54, 1.807) is 5.48 Å². The van der Waals surface area contributed by atoms with E-state index in [4.69, 9.17) is 10.9 Å². The summed E-state index contributed by atoms with van der Waals surface area (Å²) >= 11 is 0. The summed E-state index contributed by atoms with van der Waals surface area (Å²) in [6.45, 7) is 4.98. The van der Waals surface area contributed by atoms with Gasteiger partial charge < -0.3 is 20.9 Å². The van der Waals surface area contributed by atoms with Crippen LogP contribution in [-0.4, -0.2) is 56.6 Å². The molecular formula is C18H27N7O3. The Morgan fingerprint density at radius 3 is 2.71 bits per heavy atom. The van der Waals surface area contributed by atoms with E-state index >= 15 is 0 Å². The molecule has 0 unspecified atom stereocenters. The molecule has 0 radical (unpaired) electrons. The number of nitrogens with zero attached hydrogens (tertiary/aromatic N) is 3. The standard InChI is InChI=1S/C18H27N7O3/c1-11(2)9-13(16(26)24-28)23-17(27)18(19)4-7-25(8-5-18)15-12-3-6-20-14(12)21-10-22-15/h3,6,10-11,13,28H,4-5,7-9,19H2,1-2H3,(H,23,27)(H,24,26)(H,20,21,22)/t13-/m1/s1. The molecule has 0 aromatic carbocycles. The van der Waals surface area contributed by atoms with Crippen molar-refractivity contribution in [2.24, 2.45) is 11.7 Å². The first-order valence-electron chi connectivity index (χ1n) is 9.41. The lowest BCUT2D eigenvalue weighted by Gasteiger charge is -2.39. The quantitative estimate of drug-likeness (QED) is 0.352. The van der Waals surface area contributed by atoms with E-state index in [1.165, 1.54) is 6.33 Å². The molecule has 0 aliphatic carbocycles. The van der Waals surface area contributed by atoms with Gasteiger partial charge in [-0.2, -0.15) is 0 Å². The first kappa shape index (κ1) is 20.0. The first-order chi connectivity index (χ1) is 13.3. The van der Waals surface area contributed by atoms with Gasteiger partial charge in [-0.25, -0.2) is 15.4 Å². The molecule has 2 aromatic heterocycles. The van der Waals surface area contributed by atoms with Crippen molar-refractivity contribution in [3.05, 3.63) is 18.6 Å². The Labute approximate surface area is 162 Å². The second-order valence-electron chi connectivity index (χ2n) is 7.71. The highest BCUT2D eigenvalue weighted by Crippen LogP contribution is 2.28. The molecule has 6 N–H and O–H groups in total. The fourth-order valence-electron chi connectivity index (χ4n) is 3.54. The van der Waals surface area contributed by atoms with Crippen LogP contribution in [0, 0.1) is 5.92 Å². The summed E-state index contributed by atoms with van der Waals surface area (Å²) < 4.78 is 0. The highest BCUT2D eigenvalue weighted by atomic mass is 16.5. The lowest BCUT2D eigenvalue weighted by Crippen LogP contribution is -2.62. The van der Waals surface area contributed by atoms with Crippen LogP contribution in [0.15, 0.2) is 18.6 Å². The molecule has 0 spiro atoms. The summed E-state index contributed by atoms with van der Waals surface area (Å²) in [4.78, 5) is 38.4. The van der Waals surface area contributed by atoms with Gasteiger partial charge in [0.2, 0.25) is 5.91 Å². The molecule has 10 heteroatoms. The van der Waals surface area contributed by atoms with E-state index in [9.17, 15) is 9.59 Å². The van der Waals surface area contributed by atoms with Gasteiger partial charge in [-0.3, -0.25) is 14.8 Å². The molecule has 3 heterocycles. The second kappa shape index (κ2) is 8.11. The van der Waals surface area contributed by atoms with Crippen molar-refractivity contribution < 1.29 is 14.8 Å². The number of hydroxylamine groups is 1. The smallest absolute Gasteiger partial charge is 0.265 e. The van der Waals surface area contributed by atoms with Crippen molar-refractivity contribution in [1.82, 2.24) is 25.7 Å². The predicted molar refractivity (Wildman–Crippen MR) is 104 cm³/mol. The van der Waals surface area contributed by atoms with E-state index in [-0.39, 0.29) is 11.8 Å². The summed E-state index contributed by atoms with van der Waals surface area (Å²) in [5, 5.41) is 12.6. The van der Waals surface area contributed by atoms with Crippen molar-refractivity contribution in [2.45, 2.75) is 44.7 Å². The number of anilines is 1. The molecule has 2 amide bonds. The zero-order chi connectivity index (χ0) is 20.3. The van der Waals surface area contributed by atoms with Gasteiger partial charge in [-0.1, -0.05) is 13.8 Å². The zero-order valence-electron chi connectivity index (χ0n) is 16.1. The van der Waals surface area contributed by atoms with Gasteiger partial charge in [0.05, 0.1) is 10.9 Å². The van der Waals surface area contributed by atoms with Gasteiger partial charge in [0.1, 0.15) is 23.8 Å². The maximum atomic E-state index is 12.8. The number of H-pyrrole nitrogens is 1. The number of hydrogen-bond acceptors (Lipinski definition) is 7. The average Bonchev–Trinajstić information content (AvgIpc) is 3.16. The van der Waals surface area contributed by atoms with Crippen LogP contribution in [0.5, 0.6) is 0 Å². The first-order valence-corrected chi connectivity index (χ1v) is 9.41. The summed E-state index contributed by atoms with van der Waals surface area (Å²) in [6, 6.07) is 1.10. The number of aromatic nitrogens is 3. The third kappa shape index (κ3) is 4.07. The van der Waals surface area contributed by atoms with Gasteiger partial charge in [0.25, 0.3) is 5.91 Å². The normalized spacial score (nSPS) is 17.5. The minimum absolute atomic E-state index is 0.166. The van der Waals surface area contributed by atoms with Crippen LogP contribution < -0.4 is 21.4 Å². The largest absolute Gasteiger partial charge is 0.356 e. The van der Waals surface area contributed by atoms with Crippen LogP contribution in [-0.2, 0) is 9.59 Å². The molecule has 1 fully saturated rings. The summed E-state index contributed by atoms with van der Waals surface area (Å²) in [7, 11) is 0. The minimum Gasteiger partial charge on any atom is -0.356 e. The van der Waals surface area contributed by atoms with Crippen molar-refractivity contribution in [3.8, 4) is 0 Å². The monoisotopic (exact) mass is 389 g/mol. The Morgan fingerprint density at radius 2 is 2.07 bits per heavy atom. The van der Waals surface area contributed by atoms with E-state index in [1.807, 2.05) is 26.1 Å². The fourth-order valence-corrected chi connectivity index (χ4v) is 3.54. The number of hydrogen-bond donors (Lipinski definition) is 5. The maximum Gasteiger partial charge on any atom is 0.265 e. The van der Waals surface area contributed by atoms with Gasteiger partial charge in [-0.15, -0.1) is 0 Å². The Balaban J connectivity index is 1.67. The number of piperidine rings is 1. The van der Waals surface area contributed by atoms with E-state index in [0.717, 1.165) is 16.9 Å². The van der Waals surface area contributed by atoms with Gasteiger partial charge in [0.15, 0.2) is 0 Å². The van der Waals surface area contributed by atoms with E-state index < -0.39 is 17.5 Å². The predicted octanol–water partition coefficient (Wildman–Crippen LogP) is 0.292. The number of carbonyl (C=O) groups excluding carboxylic acids is 2. The van der Waals surface area contributed by atoms with Crippen molar-refractivity contribution in [3.63, 3.8) is 0 Å².